The summed E-state index contributed by atoms with van der Waals surface area (Å²) in [6.07, 6.45) is 1.17. The first-order valence-electron chi connectivity index (χ1n) is 7.37. The number of piperazine rings is 1. The van der Waals surface area contributed by atoms with Gasteiger partial charge in [-0.2, -0.15) is 0 Å². The standard InChI is InChI=1S/C16H24ClFN2/c1-11(2)7-14-10-20(12(3)8-19-14)9-13-5-4-6-15(18)16(13)17/h4-6,11-12,14,19H,7-10H2,1-3H3. The lowest BCUT2D eigenvalue weighted by Crippen LogP contribution is -2.55. The molecule has 1 N–H and O–H groups in total. The highest BCUT2D eigenvalue weighted by molar-refractivity contribution is 6.31. The van der Waals surface area contributed by atoms with Crippen molar-refractivity contribution in [3.63, 3.8) is 0 Å². The van der Waals surface area contributed by atoms with Gasteiger partial charge in [-0.15, -0.1) is 0 Å². The van der Waals surface area contributed by atoms with Gasteiger partial charge in [0.2, 0.25) is 0 Å². The van der Waals surface area contributed by atoms with Gasteiger partial charge in [0.25, 0.3) is 0 Å². The summed E-state index contributed by atoms with van der Waals surface area (Å²) in [6.45, 7) is 9.37. The second-order valence-electron chi connectivity index (χ2n) is 6.23. The quantitative estimate of drug-likeness (QED) is 0.912. The number of halogens is 2. The number of nitrogens with one attached hydrogen (secondary N) is 1. The topological polar surface area (TPSA) is 15.3 Å². The van der Waals surface area contributed by atoms with E-state index < -0.39 is 0 Å². The second-order valence-corrected chi connectivity index (χ2v) is 6.60. The summed E-state index contributed by atoms with van der Waals surface area (Å²) in [5, 5.41) is 3.86. The maximum atomic E-state index is 13.5. The molecular formula is C16H24ClFN2. The van der Waals surface area contributed by atoms with Crippen LogP contribution in [0.3, 0.4) is 0 Å². The molecule has 1 aromatic rings. The highest BCUT2D eigenvalue weighted by atomic mass is 35.5. The van der Waals surface area contributed by atoms with Gasteiger partial charge in [-0.3, -0.25) is 4.90 Å². The van der Waals surface area contributed by atoms with E-state index in [0.29, 0.717) is 24.5 Å². The van der Waals surface area contributed by atoms with Crippen LogP contribution in [0.25, 0.3) is 0 Å². The van der Waals surface area contributed by atoms with Crippen molar-refractivity contribution >= 4 is 11.6 Å². The van der Waals surface area contributed by atoms with E-state index in [1.54, 1.807) is 6.07 Å². The fraction of sp³-hybridized carbons (Fsp3) is 0.625. The summed E-state index contributed by atoms with van der Waals surface area (Å²) in [7, 11) is 0. The predicted octanol–water partition coefficient (Wildman–Crippen LogP) is 3.69. The van der Waals surface area contributed by atoms with Crippen LogP contribution in [0.2, 0.25) is 5.02 Å². The molecule has 1 saturated heterocycles. The molecule has 0 aliphatic carbocycles. The minimum Gasteiger partial charge on any atom is -0.311 e. The molecule has 1 aliphatic heterocycles. The molecule has 0 amide bonds. The summed E-state index contributed by atoms with van der Waals surface area (Å²) in [5.74, 6) is 0.353. The van der Waals surface area contributed by atoms with Crippen LogP contribution >= 0.6 is 11.6 Å². The van der Waals surface area contributed by atoms with Crippen molar-refractivity contribution < 1.29 is 4.39 Å². The zero-order valence-electron chi connectivity index (χ0n) is 12.5. The van der Waals surface area contributed by atoms with Crippen LogP contribution in [0.4, 0.5) is 4.39 Å². The molecule has 112 valence electrons. The minimum absolute atomic E-state index is 0.263. The van der Waals surface area contributed by atoms with Crippen LogP contribution in [0.1, 0.15) is 32.8 Å². The van der Waals surface area contributed by atoms with Crippen LogP contribution in [-0.2, 0) is 6.54 Å². The van der Waals surface area contributed by atoms with Gasteiger partial charge in [0.05, 0.1) is 5.02 Å². The third-order valence-electron chi connectivity index (χ3n) is 3.94. The van der Waals surface area contributed by atoms with Crippen LogP contribution in [0.15, 0.2) is 18.2 Å². The Hall–Kier alpha value is -0.640. The summed E-state index contributed by atoms with van der Waals surface area (Å²) in [4.78, 5) is 2.39. The Bertz CT molecular complexity index is 450. The molecule has 0 spiro atoms. The molecule has 1 aromatic carbocycles. The highest BCUT2D eigenvalue weighted by Crippen LogP contribution is 2.23. The smallest absolute Gasteiger partial charge is 0.142 e. The molecule has 4 heteroatoms. The molecule has 0 aromatic heterocycles. The SMILES string of the molecule is CC(C)CC1CN(Cc2cccc(F)c2Cl)C(C)CN1. The lowest BCUT2D eigenvalue weighted by Gasteiger charge is -2.39. The van der Waals surface area contributed by atoms with Gasteiger partial charge in [0.15, 0.2) is 0 Å². The van der Waals surface area contributed by atoms with Gasteiger partial charge in [0.1, 0.15) is 5.82 Å². The van der Waals surface area contributed by atoms with Gasteiger partial charge in [-0.25, -0.2) is 4.39 Å². The fourth-order valence-corrected chi connectivity index (χ4v) is 3.02. The third kappa shape index (κ3) is 3.94. The van der Waals surface area contributed by atoms with E-state index in [4.69, 9.17) is 11.6 Å². The first-order chi connectivity index (χ1) is 9.47. The number of nitrogens with zero attached hydrogens (tertiary/aromatic N) is 1. The van der Waals surface area contributed by atoms with E-state index in [1.807, 2.05) is 6.07 Å². The highest BCUT2D eigenvalue weighted by Gasteiger charge is 2.26. The lowest BCUT2D eigenvalue weighted by atomic mass is 9.99. The first-order valence-corrected chi connectivity index (χ1v) is 7.75. The molecule has 2 nitrogen and oxygen atoms in total. The Morgan fingerprint density at radius 1 is 1.45 bits per heavy atom. The second kappa shape index (κ2) is 6.88. The maximum Gasteiger partial charge on any atom is 0.142 e. The first kappa shape index (κ1) is 15.7. The van der Waals surface area contributed by atoms with Crippen LogP contribution < -0.4 is 5.32 Å². The molecule has 2 atom stereocenters. The lowest BCUT2D eigenvalue weighted by molar-refractivity contribution is 0.124. The van der Waals surface area contributed by atoms with Crippen molar-refractivity contribution in [1.29, 1.82) is 0 Å². The van der Waals surface area contributed by atoms with Gasteiger partial charge in [-0.1, -0.05) is 37.6 Å². The summed E-state index contributed by atoms with van der Waals surface area (Å²) < 4.78 is 13.5. The van der Waals surface area contributed by atoms with Crippen LogP contribution in [0.5, 0.6) is 0 Å². The monoisotopic (exact) mass is 298 g/mol. The largest absolute Gasteiger partial charge is 0.311 e. The van der Waals surface area contributed by atoms with Gasteiger partial charge >= 0.3 is 0 Å². The molecule has 0 bridgehead atoms. The number of benzene rings is 1. The molecule has 2 unspecified atom stereocenters. The Morgan fingerprint density at radius 3 is 2.90 bits per heavy atom. The van der Waals surface area contributed by atoms with Crippen molar-refractivity contribution in [1.82, 2.24) is 10.2 Å². The van der Waals surface area contributed by atoms with E-state index in [2.05, 4.69) is 31.0 Å². The summed E-state index contributed by atoms with van der Waals surface area (Å²) in [5.41, 5.74) is 0.878. The van der Waals surface area contributed by atoms with Gasteiger partial charge in [0, 0.05) is 31.7 Å². The zero-order chi connectivity index (χ0) is 14.7. The van der Waals surface area contributed by atoms with E-state index in [1.165, 1.54) is 12.5 Å². The predicted molar refractivity (Wildman–Crippen MR) is 82.5 cm³/mol. The molecule has 2 rings (SSSR count). The van der Waals surface area contributed by atoms with Crippen LogP contribution in [0, 0.1) is 11.7 Å². The Morgan fingerprint density at radius 2 is 2.20 bits per heavy atom. The Kier molecular flexibility index (Phi) is 5.42. The van der Waals surface area contributed by atoms with Crippen molar-refractivity contribution in [3.8, 4) is 0 Å². The average molecular weight is 299 g/mol. The van der Waals surface area contributed by atoms with Crippen molar-refractivity contribution in [2.45, 2.75) is 45.8 Å². The molecule has 1 heterocycles. The van der Waals surface area contributed by atoms with E-state index in [9.17, 15) is 4.39 Å². The third-order valence-corrected chi connectivity index (χ3v) is 4.36. The maximum absolute atomic E-state index is 13.5. The van der Waals surface area contributed by atoms with E-state index >= 15 is 0 Å². The van der Waals surface area contributed by atoms with E-state index in [-0.39, 0.29) is 10.8 Å². The van der Waals surface area contributed by atoms with Gasteiger partial charge < -0.3 is 5.32 Å². The molecule has 0 saturated carbocycles. The molecular weight excluding hydrogens is 275 g/mol. The molecule has 0 radical (unpaired) electrons. The van der Waals surface area contributed by atoms with Crippen molar-refractivity contribution in [2.24, 2.45) is 5.92 Å². The van der Waals surface area contributed by atoms with Crippen molar-refractivity contribution in [3.05, 3.63) is 34.6 Å². The Balaban J connectivity index is 2.04. The normalized spacial score (nSPS) is 24.3. The number of hydrogen-bond donors (Lipinski definition) is 1. The number of rotatable bonds is 4. The molecule has 20 heavy (non-hydrogen) atoms. The number of hydrogen-bond acceptors (Lipinski definition) is 2. The Labute approximate surface area is 126 Å². The molecule has 1 aliphatic rings. The summed E-state index contributed by atoms with van der Waals surface area (Å²) >= 11 is 6.06. The fourth-order valence-electron chi connectivity index (χ4n) is 2.83. The zero-order valence-corrected chi connectivity index (χ0v) is 13.3. The average Bonchev–Trinajstić information content (AvgIpc) is 2.38. The van der Waals surface area contributed by atoms with Crippen LogP contribution in [-0.4, -0.2) is 30.1 Å². The molecule has 1 fully saturated rings. The van der Waals surface area contributed by atoms with Gasteiger partial charge in [-0.05, 0) is 30.9 Å². The van der Waals surface area contributed by atoms with E-state index in [0.717, 1.165) is 18.7 Å². The minimum atomic E-state index is -0.328. The summed E-state index contributed by atoms with van der Waals surface area (Å²) in [6, 6.07) is 6.01. The van der Waals surface area contributed by atoms with Crippen molar-refractivity contribution in [2.75, 3.05) is 13.1 Å².